The van der Waals surface area contributed by atoms with Crippen LogP contribution in [0.2, 0.25) is 0 Å². The van der Waals surface area contributed by atoms with Crippen molar-refractivity contribution in [1.82, 2.24) is 9.47 Å². The zero-order valence-corrected chi connectivity index (χ0v) is 14.6. The molecule has 1 aliphatic heterocycles. The average Bonchev–Trinajstić information content (AvgIpc) is 3.07. The molecular formula is C21H22N2O2. The second-order valence-corrected chi connectivity index (χ2v) is 6.96. The summed E-state index contributed by atoms with van der Waals surface area (Å²) in [7, 11) is 2.02. The second kappa shape index (κ2) is 6.05. The summed E-state index contributed by atoms with van der Waals surface area (Å²) in [5, 5.41) is 10.3. The number of carboxylic acid groups (broad SMARTS) is 1. The molecule has 0 amide bonds. The number of aromatic nitrogens is 1. The Kier molecular flexibility index (Phi) is 3.85. The number of carbonyl (C=O) groups is 1. The summed E-state index contributed by atoms with van der Waals surface area (Å²) in [6.07, 6.45) is 0.0791. The molecule has 4 nitrogen and oxygen atoms in total. The van der Waals surface area contributed by atoms with Gasteiger partial charge in [0.1, 0.15) is 0 Å². The Morgan fingerprint density at radius 2 is 1.80 bits per heavy atom. The van der Waals surface area contributed by atoms with E-state index in [0.717, 1.165) is 41.8 Å². The van der Waals surface area contributed by atoms with E-state index in [-0.39, 0.29) is 6.42 Å². The van der Waals surface area contributed by atoms with E-state index in [1.165, 1.54) is 16.7 Å². The van der Waals surface area contributed by atoms with Gasteiger partial charge in [0.15, 0.2) is 0 Å². The first-order valence-electron chi connectivity index (χ1n) is 8.60. The van der Waals surface area contributed by atoms with Crippen molar-refractivity contribution < 1.29 is 9.90 Å². The summed E-state index contributed by atoms with van der Waals surface area (Å²) in [5.74, 6) is -0.776. The summed E-state index contributed by atoms with van der Waals surface area (Å²) in [6, 6.07) is 15.0. The largest absolute Gasteiger partial charge is 0.481 e. The summed E-state index contributed by atoms with van der Waals surface area (Å²) in [6.45, 7) is 4.80. The first-order valence-corrected chi connectivity index (χ1v) is 8.60. The van der Waals surface area contributed by atoms with Crippen LogP contribution in [0.15, 0.2) is 42.5 Å². The van der Waals surface area contributed by atoms with Gasteiger partial charge in [0.2, 0.25) is 0 Å². The number of hydrogen-bond acceptors (Lipinski definition) is 2. The van der Waals surface area contributed by atoms with Crippen molar-refractivity contribution in [3.05, 3.63) is 70.4 Å². The number of fused-ring (bicyclic) bond motifs is 2. The van der Waals surface area contributed by atoms with Crippen molar-refractivity contribution in [3.63, 3.8) is 0 Å². The van der Waals surface area contributed by atoms with Crippen LogP contribution in [0.25, 0.3) is 10.9 Å². The molecule has 0 aliphatic carbocycles. The Balaban J connectivity index is 1.68. The molecule has 0 saturated heterocycles. The highest BCUT2D eigenvalue weighted by molar-refractivity contribution is 5.90. The summed E-state index contributed by atoms with van der Waals surface area (Å²) in [4.78, 5) is 13.7. The second-order valence-electron chi connectivity index (χ2n) is 6.96. The fourth-order valence-electron chi connectivity index (χ4n) is 3.93. The van der Waals surface area contributed by atoms with Crippen LogP contribution < -0.4 is 0 Å². The highest BCUT2D eigenvalue weighted by Crippen LogP contribution is 2.33. The lowest BCUT2D eigenvalue weighted by Gasteiger charge is -2.14. The van der Waals surface area contributed by atoms with E-state index in [1.54, 1.807) is 0 Å². The first-order chi connectivity index (χ1) is 12.0. The third kappa shape index (κ3) is 2.83. The maximum Gasteiger partial charge on any atom is 0.307 e. The zero-order chi connectivity index (χ0) is 17.6. The summed E-state index contributed by atoms with van der Waals surface area (Å²) >= 11 is 0. The molecule has 4 rings (SSSR count). The molecule has 3 aromatic rings. The Labute approximate surface area is 147 Å². The number of aliphatic carboxylic acids is 1. The minimum absolute atomic E-state index is 0.0791. The number of carboxylic acids is 1. The predicted octanol–water partition coefficient (Wildman–Crippen LogP) is 3.63. The van der Waals surface area contributed by atoms with Crippen LogP contribution in [-0.2, 0) is 37.9 Å². The smallest absolute Gasteiger partial charge is 0.307 e. The lowest BCUT2D eigenvalue weighted by atomic mass is 10.0. The molecule has 4 heteroatoms. The summed E-state index contributed by atoms with van der Waals surface area (Å²) < 4.78 is 2.12. The van der Waals surface area contributed by atoms with Crippen molar-refractivity contribution in [2.45, 2.75) is 33.0 Å². The van der Waals surface area contributed by atoms with Gasteiger partial charge >= 0.3 is 5.97 Å². The zero-order valence-electron chi connectivity index (χ0n) is 14.6. The molecule has 128 valence electrons. The monoisotopic (exact) mass is 334 g/mol. The van der Waals surface area contributed by atoms with Gasteiger partial charge in [0, 0.05) is 43.3 Å². The number of hydrogen-bond donors (Lipinski definition) is 1. The van der Waals surface area contributed by atoms with Crippen molar-refractivity contribution >= 4 is 16.9 Å². The van der Waals surface area contributed by atoms with Crippen LogP contribution in [0.3, 0.4) is 0 Å². The normalized spacial score (nSPS) is 14.2. The minimum Gasteiger partial charge on any atom is -0.481 e. The van der Waals surface area contributed by atoms with Gasteiger partial charge in [0.25, 0.3) is 0 Å². The molecule has 0 unspecified atom stereocenters. The van der Waals surface area contributed by atoms with E-state index < -0.39 is 5.97 Å². The molecular weight excluding hydrogens is 312 g/mol. The van der Waals surface area contributed by atoms with Crippen molar-refractivity contribution in [2.75, 3.05) is 0 Å². The van der Waals surface area contributed by atoms with E-state index in [1.807, 2.05) is 20.0 Å². The van der Waals surface area contributed by atoms with Crippen LogP contribution in [-0.4, -0.2) is 20.5 Å². The van der Waals surface area contributed by atoms with Gasteiger partial charge in [-0.05, 0) is 41.3 Å². The molecule has 1 N–H and O–H groups in total. The van der Waals surface area contributed by atoms with Crippen LogP contribution >= 0.6 is 0 Å². The fraction of sp³-hybridized carbons (Fsp3) is 0.286. The van der Waals surface area contributed by atoms with Crippen molar-refractivity contribution in [1.29, 1.82) is 0 Å². The molecule has 2 aromatic carbocycles. The van der Waals surface area contributed by atoms with Gasteiger partial charge < -0.3 is 9.67 Å². The van der Waals surface area contributed by atoms with Crippen LogP contribution in [0.1, 0.15) is 27.9 Å². The van der Waals surface area contributed by atoms with E-state index >= 15 is 0 Å². The Morgan fingerprint density at radius 3 is 2.48 bits per heavy atom. The van der Waals surface area contributed by atoms with E-state index in [9.17, 15) is 9.90 Å². The average molecular weight is 334 g/mol. The first kappa shape index (κ1) is 15.9. The number of benzene rings is 2. The quantitative estimate of drug-likeness (QED) is 0.792. The minimum atomic E-state index is -0.776. The predicted molar refractivity (Wildman–Crippen MR) is 98.4 cm³/mol. The van der Waals surface area contributed by atoms with Gasteiger partial charge in [-0.15, -0.1) is 0 Å². The molecule has 0 saturated carbocycles. The molecule has 1 aliphatic rings. The number of rotatable bonds is 4. The lowest BCUT2D eigenvalue weighted by Crippen LogP contribution is -2.15. The standard InChI is InChI=1S/C21H22N2O2/c1-14-18(10-21(24)25)19-8-16-12-23(11-15-6-4-3-5-7-15)13-17(16)9-20(19)22(14)2/h3-9H,10-13H2,1-2H3,(H,24,25). The number of aryl methyl sites for hydroxylation is 1. The van der Waals surface area contributed by atoms with Crippen LogP contribution in [0.4, 0.5) is 0 Å². The van der Waals surface area contributed by atoms with Crippen molar-refractivity contribution in [2.24, 2.45) is 7.05 Å². The fourth-order valence-corrected chi connectivity index (χ4v) is 3.93. The third-order valence-corrected chi connectivity index (χ3v) is 5.31. The van der Waals surface area contributed by atoms with Gasteiger partial charge in [-0.25, -0.2) is 0 Å². The Morgan fingerprint density at radius 1 is 1.12 bits per heavy atom. The van der Waals surface area contributed by atoms with Crippen LogP contribution in [0.5, 0.6) is 0 Å². The van der Waals surface area contributed by atoms with E-state index in [0.29, 0.717) is 0 Å². The summed E-state index contributed by atoms with van der Waals surface area (Å²) in [5.41, 5.74) is 7.11. The lowest BCUT2D eigenvalue weighted by molar-refractivity contribution is -0.136. The number of nitrogens with zero attached hydrogens (tertiary/aromatic N) is 2. The Hall–Kier alpha value is -2.59. The maximum absolute atomic E-state index is 11.2. The Bertz CT molecular complexity index is 957. The molecule has 0 bridgehead atoms. The van der Waals surface area contributed by atoms with E-state index in [2.05, 4.69) is 45.9 Å². The molecule has 0 spiro atoms. The van der Waals surface area contributed by atoms with Crippen LogP contribution in [0, 0.1) is 6.92 Å². The van der Waals surface area contributed by atoms with Gasteiger partial charge in [-0.1, -0.05) is 30.3 Å². The molecule has 25 heavy (non-hydrogen) atoms. The molecule has 0 radical (unpaired) electrons. The van der Waals surface area contributed by atoms with Gasteiger partial charge in [-0.3, -0.25) is 9.69 Å². The molecule has 0 atom stereocenters. The molecule has 2 heterocycles. The third-order valence-electron chi connectivity index (χ3n) is 5.31. The topological polar surface area (TPSA) is 45.5 Å². The highest BCUT2D eigenvalue weighted by atomic mass is 16.4. The maximum atomic E-state index is 11.2. The van der Waals surface area contributed by atoms with Gasteiger partial charge in [-0.2, -0.15) is 0 Å². The SMILES string of the molecule is Cc1c(CC(=O)O)c2cc3c(cc2n1C)CN(Cc1ccccc1)C3. The van der Waals surface area contributed by atoms with E-state index in [4.69, 9.17) is 0 Å². The van der Waals surface area contributed by atoms with Crippen molar-refractivity contribution in [3.8, 4) is 0 Å². The highest BCUT2D eigenvalue weighted by Gasteiger charge is 2.23. The molecule has 1 aromatic heterocycles. The molecule has 0 fully saturated rings. The van der Waals surface area contributed by atoms with Gasteiger partial charge in [0.05, 0.1) is 6.42 Å².